The monoisotopic (exact) mass is 527 g/mol. The maximum absolute atomic E-state index is 14.2. The lowest BCUT2D eigenvalue weighted by molar-refractivity contribution is 0.405. The van der Waals surface area contributed by atoms with Crippen molar-refractivity contribution in [2.45, 2.75) is 13.0 Å². The maximum Gasteiger partial charge on any atom is 0.343 e. The molecular weight excluding hydrogens is 509 g/mol. The van der Waals surface area contributed by atoms with Gasteiger partial charge in [0.25, 0.3) is 0 Å². The molecule has 188 valence electrons. The summed E-state index contributed by atoms with van der Waals surface area (Å²) in [5, 5.41) is 16.5. The van der Waals surface area contributed by atoms with Crippen LogP contribution in [0.3, 0.4) is 0 Å². The van der Waals surface area contributed by atoms with E-state index >= 15 is 0 Å². The van der Waals surface area contributed by atoms with Crippen LogP contribution in [0.2, 0.25) is 5.02 Å². The van der Waals surface area contributed by atoms with Gasteiger partial charge in [0.15, 0.2) is 5.65 Å². The van der Waals surface area contributed by atoms with Gasteiger partial charge in [-0.05, 0) is 36.8 Å². The zero-order chi connectivity index (χ0) is 26.6. The number of aromatic hydroxyl groups is 1. The Kier molecular flexibility index (Phi) is 5.57. The summed E-state index contributed by atoms with van der Waals surface area (Å²) in [7, 11) is 0. The molecule has 0 saturated heterocycles. The minimum absolute atomic E-state index is 0.130. The van der Waals surface area contributed by atoms with Gasteiger partial charge in [0.05, 0.1) is 10.8 Å². The number of phenolic OH excluding ortho intramolecular Hbond substituents is 1. The molecule has 0 bridgehead atoms. The number of hydrogen-bond acceptors (Lipinski definition) is 7. The average Bonchev–Trinajstić information content (AvgIpc) is 3.29. The summed E-state index contributed by atoms with van der Waals surface area (Å²) < 4.78 is 21.7. The maximum atomic E-state index is 14.2. The first-order chi connectivity index (χ1) is 18.3. The van der Waals surface area contributed by atoms with Crippen molar-refractivity contribution < 1.29 is 13.9 Å². The number of phenols is 1. The molecule has 0 aliphatic carbocycles. The highest BCUT2D eigenvalue weighted by molar-refractivity contribution is 6.31. The number of hydrogen-bond donors (Lipinski definition) is 2. The van der Waals surface area contributed by atoms with Crippen molar-refractivity contribution in [2.24, 2.45) is 0 Å². The van der Waals surface area contributed by atoms with Crippen LogP contribution in [0.5, 0.6) is 5.75 Å². The minimum Gasteiger partial charge on any atom is -0.508 e. The van der Waals surface area contributed by atoms with Gasteiger partial charge in [0.2, 0.25) is 0 Å². The van der Waals surface area contributed by atoms with Gasteiger partial charge in [-0.25, -0.2) is 23.8 Å². The zero-order valence-electron chi connectivity index (χ0n) is 19.9. The van der Waals surface area contributed by atoms with Crippen LogP contribution < -0.4 is 11.4 Å². The number of aromatic nitrogens is 4. The standard InChI is InChI=1S/C28H19ClFN5O3/c1-14(25-22(15-5-3-2-4-6-15)20-8-7-17(29)11-21(20)28(37)38-25)35-27-23(26(31)32-13-33-27)24(34-35)16-9-18(30)12-19(36)10-16/h2-14,36H,1H3,(H2,31,32,33). The smallest absolute Gasteiger partial charge is 0.343 e. The van der Waals surface area contributed by atoms with Crippen LogP contribution in [0.1, 0.15) is 18.7 Å². The van der Waals surface area contributed by atoms with Crippen LogP contribution >= 0.6 is 11.6 Å². The molecule has 38 heavy (non-hydrogen) atoms. The van der Waals surface area contributed by atoms with Crippen molar-refractivity contribution >= 4 is 39.2 Å². The van der Waals surface area contributed by atoms with E-state index in [9.17, 15) is 14.3 Å². The number of nitrogens with zero attached hydrogens (tertiary/aromatic N) is 4. The van der Waals surface area contributed by atoms with E-state index in [0.717, 1.165) is 11.6 Å². The molecule has 6 rings (SSSR count). The fraction of sp³-hybridized carbons (Fsp3) is 0.0714. The lowest BCUT2D eigenvalue weighted by Gasteiger charge is -2.18. The molecule has 0 amide bonds. The van der Waals surface area contributed by atoms with E-state index in [1.54, 1.807) is 22.9 Å². The highest BCUT2D eigenvalue weighted by atomic mass is 35.5. The third-order valence-electron chi connectivity index (χ3n) is 6.40. The normalized spacial score (nSPS) is 12.3. The molecule has 8 nitrogen and oxygen atoms in total. The van der Waals surface area contributed by atoms with Gasteiger partial charge in [-0.1, -0.05) is 48.0 Å². The van der Waals surface area contributed by atoms with Crippen LogP contribution in [0.15, 0.2) is 82.3 Å². The lowest BCUT2D eigenvalue weighted by atomic mass is 9.96. The van der Waals surface area contributed by atoms with Gasteiger partial charge in [-0.15, -0.1) is 0 Å². The fourth-order valence-electron chi connectivity index (χ4n) is 4.73. The van der Waals surface area contributed by atoms with Crippen molar-refractivity contribution in [3.05, 3.63) is 100 Å². The van der Waals surface area contributed by atoms with Crippen molar-refractivity contribution in [1.82, 2.24) is 19.7 Å². The van der Waals surface area contributed by atoms with E-state index in [1.807, 2.05) is 37.3 Å². The Balaban J connectivity index is 1.65. The van der Waals surface area contributed by atoms with Crippen LogP contribution in [0.25, 0.3) is 44.2 Å². The number of fused-ring (bicyclic) bond motifs is 2. The SMILES string of the molecule is CC(c1oc(=O)c2cc(Cl)ccc2c1-c1ccccc1)n1nc(-c2cc(O)cc(F)c2)c2c(N)ncnc21. The molecule has 3 aromatic carbocycles. The van der Waals surface area contributed by atoms with Crippen LogP contribution in [0, 0.1) is 5.82 Å². The van der Waals surface area contributed by atoms with E-state index < -0.39 is 17.5 Å². The van der Waals surface area contributed by atoms with Crippen molar-refractivity contribution in [3.8, 4) is 28.1 Å². The molecule has 0 fully saturated rings. The van der Waals surface area contributed by atoms with Gasteiger partial charge < -0.3 is 15.3 Å². The first-order valence-electron chi connectivity index (χ1n) is 11.6. The van der Waals surface area contributed by atoms with Gasteiger partial charge in [-0.3, -0.25) is 0 Å². The van der Waals surface area contributed by atoms with Gasteiger partial charge in [-0.2, -0.15) is 5.10 Å². The summed E-state index contributed by atoms with van der Waals surface area (Å²) in [6.45, 7) is 1.81. The summed E-state index contributed by atoms with van der Waals surface area (Å²) >= 11 is 6.19. The predicted octanol–water partition coefficient (Wildman–Crippen LogP) is 5.96. The molecule has 3 N–H and O–H groups in total. The number of nitrogen functional groups attached to an aromatic ring is 1. The second-order valence-corrected chi connectivity index (χ2v) is 9.25. The summed E-state index contributed by atoms with van der Waals surface area (Å²) in [5.41, 5.74) is 8.09. The molecule has 3 heterocycles. The Morgan fingerprint density at radius 1 is 1.03 bits per heavy atom. The third kappa shape index (κ3) is 3.84. The molecule has 0 spiro atoms. The minimum atomic E-state index is -0.661. The van der Waals surface area contributed by atoms with Crippen molar-refractivity contribution in [2.75, 3.05) is 5.73 Å². The zero-order valence-corrected chi connectivity index (χ0v) is 20.6. The number of rotatable bonds is 4. The fourth-order valence-corrected chi connectivity index (χ4v) is 4.90. The van der Waals surface area contributed by atoms with Crippen LogP contribution in [-0.4, -0.2) is 24.9 Å². The van der Waals surface area contributed by atoms with Crippen molar-refractivity contribution in [3.63, 3.8) is 0 Å². The predicted molar refractivity (Wildman–Crippen MR) is 144 cm³/mol. The summed E-state index contributed by atoms with van der Waals surface area (Å²) in [4.78, 5) is 21.6. The Bertz CT molecular complexity index is 1900. The largest absolute Gasteiger partial charge is 0.508 e. The van der Waals surface area contributed by atoms with Crippen molar-refractivity contribution in [1.29, 1.82) is 0 Å². The highest BCUT2D eigenvalue weighted by Gasteiger charge is 2.27. The lowest BCUT2D eigenvalue weighted by Crippen LogP contribution is -2.14. The molecular formula is C28H19ClFN5O3. The Hall–Kier alpha value is -4.76. The third-order valence-corrected chi connectivity index (χ3v) is 6.64. The van der Waals surface area contributed by atoms with E-state index in [-0.39, 0.29) is 22.8 Å². The average molecular weight is 528 g/mol. The number of anilines is 1. The van der Waals surface area contributed by atoms with E-state index in [0.29, 0.717) is 38.2 Å². The van der Waals surface area contributed by atoms with Crippen LogP contribution in [0.4, 0.5) is 10.2 Å². The number of benzene rings is 3. The van der Waals surface area contributed by atoms with E-state index in [4.69, 9.17) is 26.9 Å². The molecule has 1 unspecified atom stereocenters. The molecule has 0 saturated carbocycles. The Labute approximate surface area is 219 Å². The highest BCUT2D eigenvalue weighted by Crippen LogP contribution is 2.39. The topological polar surface area (TPSA) is 120 Å². The quantitative estimate of drug-likeness (QED) is 0.290. The number of nitrogens with two attached hydrogens (primary N) is 1. The summed E-state index contributed by atoms with van der Waals surface area (Å²) in [5.74, 6) is -0.440. The van der Waals surface area contributed by atoms with Gasteiger partial charge in [0.1, 0.15) is 41.2 Å². The summed E-state index contributed by atoms with van der Waals surface area (Å²) in [6.07, 6.45) is 1.30. The van der Waals surface area contributed by atoms with Gasteiger partial charge >= 0.3 is 5.63 Å². The molecule has 0 aliphatic heterocycles. The molecule has 6 aromatic rings. The Morgan fingerprint density at radius 3 is 2.58 bits per heavy atom. The first-order valence-corrected chi connectivity index (χ1v) is 12.0. The van der Waals surface area contributed by atoms with E-state index in [1.165, 1.54) is 18.5 Å². The van der Waals surface area contributed by atoms with Crippen LogP contribution in [-0.2, 0) is 0 Å². The first kappa shape index (κ1) is 23.6. The summed E-state index contributed by atoms with van der Waals surface area (Å²) in [6, 6.07) is 17.5. The second-order valence-electron chi connectivity index (χ2n) is 8.81. The second kappa shape index (κ2) is 8.97. The molecule has 3 aromatic heterocycles. The molecule has 10 heteroatoms. The van der Waals surface area contributed by atoms with Gasteiger partial charge in [0, 0.05) is 27.6 Å². The molecule has 0 radical (unpaired) electrons. The molecule has 1 atom stereocenters. The Morgan fingerprint density at radius 2 is 1.82 bits per heavy atom. The number of halogens is 2. The molecule has 0 aliphatic rings. The van der Waals surface area contributed by atoms with E-state index in [2.05, 4.69) is 9.97 Å².